The summed E-state index contributed by atoms with van der Waals surface area (Å²) in [5.74, 6) is -0.687. The van der Waals surface area contributed by atoms with E-state index in [-0.39, 0.29) is 23.8 Å². The van der Waals surface area contributed by atoms with E-state index in [1.807, 2.05) is 31.2 Å². The van der Waals surface area contributed by atoms with Crippen molar-refractivity contribution < 1.29 is 19.4 Å². The number of rotatable bonds is 5. The van der Waals surface area contributed by atoms with Crippen LogP contribution < -0.4 is 10.1 Å². The van der Waals surface area contributed by atoms with Crippen LogP contribution in [0.1, 0.15) is 37.8 Å². The number of hydrogen-bond acceptors (Lipinski definition) is 3. The fourth-order valence-electron chi connectivity index (χ4n) is 2.77. The highest BCUT2D eigenvalue weighted by molar-refractivity contribution is 5.81. The number of carboxylic acid groups (broad SMARTS) is 1. The number of benzene rings is 1. The molecule has 1 amide bonds. The van der Waals surface area contributed by atoms with Crippen LogP contribution in [-0.2, 0) is 9.59 Å². The van der Waals surface area contributed by atoms with E-state index in [1.165, 1.54) is 0 Å². The van der Waals surface area contributed by atoms with Crippen LogP contribution in [0.4, 0.5) is 0 Å². The van der Waals surface area contributed by atoms with Gasteiger partial charge < -0.3 is 15.2 Å². The smallest absolute Gasteiger partial charge is 0.306 e. The van der Waals surface area contributed by atoms with Crippen molar-refractivity contribution in [3.63, 3.8) is 0 Å². The molecule has 5 heteroatoms. The topological polar surface area (TPSA) is 75.6 Å². The van der Waals surface area contributed by atoms with Gasteiger partial charge in [-0.3, -0.25) is 9.59 Å². The molecule has 0 heterocycles. The van der Waals surface area contributed by atoms with Crippen LogP contribution in [0.15, 0.2) is 24.3 Å². The van der Waals surface area contributed by atoms with Crippen molar-refractivity contribution in [1.29, 1.82) is 0 Å². The van der Waals surface area contributed by atoms with Crippen molar-refractivity contribution in [1.82, 2.24) is 5.32 Å². The minimum Gasteiger partial charge on any atom is -0.497 e. The molecule has 0 saturated heterocycles. The lowest BCUT2D eigenvalue weighted by Crippen LogP contribution is -2.32. The van der Waals surface area contributed by atoms with Gasteiger partial charge in [-0.1, -0.05) is 12.1 Å². The van der Waals surface area contributed by atoms with E-state index in [2.05, 4.69) is 5.32 Å². The Morgan fingerprint density at radius 3 is 2.67 bits per heavy atom. The van der Waals surface area contributed by atoms with Crippen molar-refractivity contribution >= 4 is 11.9 Å². The molecular weight excluding hydrogens is 270 g/mol. The first-order chi connectivity index (χ1) is 10.0. The van der Waals surface area contributed by atoms with E-state index in [9.17, 15) is 9.59 Å². The predicted molar refractivity (Wildman–Crippen MR) is 78.0 cm³/mol. The zero-order chi connectivity index (χ0) is 15.4. The van der Waals surface area contributed by atoms with Crippen LogP contribution in [0.2, 0.25) is 0 Å². The van der Waals surface area contributed by atoms with Crippen molar-refractivity contribution in [3.05, 3.63) is 29.8 Å². The van der Waals surface area contributed by atoms with Crippen LogP contribution in [-0.4, -0.2) is 24.1 Å². The molecule has 0 radical (unpaired) electrons. The van der Waals surface area contributed by atoms with Gasteiger partial charge in [0.1, 0.15) is 5.75 Å². The number of ether oxygens (including phenoxy) is 1. The van der Waals surface area contributed by atoms with E-state index in [1.54, 1.807) is 7.11 Å². The van der Waals surface area contributed by atoms with E-state index in [4.69, 9.17) is 9.84 Å². The van der Waals surface area contributed by atoms with Gasteiger partial charge >= 0.3 is 5.97 Å². The van der Waals surface area contributed by atoms with E-state index >= 15 is 0 Å². The van der Waals surface area contributed by atoms with Gasteiger partial charge in [0.2, 0.25) is 5.91 Å². The third-order valence-electron chi connectivity index (χ3n) is 4.11. The molecular formula is C16H21NO4. The summed E-state index contributed by atoms with van der Waals surface area (Å²) in [6, 6.07) is 7.43. The van der Waals surface area contributed by atoms with Gasteiger partial charge in [0.15, 0.2) is 0 Å². The van der Waals surface area contributed by atoms with Gasteiger partial charge in [-0.05, 0) is 43.9 Å². The molecule has 0 aliphatic heterocycles. The zero-order valence-electron chi connectivity index (χ0n) is 12.3. The monoisotopic (exact) mass is 291 g/mol. The number of carboxylic acids is 1. The molecule has 21 heavy (non-hydrogen) atoms. The zero-order valence-corrected chi connectivity index (χ0v) is 12.3. The molecule has 1 aromatic rings. The molecule has 0 unspecified atom stereocenters. The summed E-state index contributed by atoms with van der Waals surface area (Å²) >= 11 is 0. The Bertz CT molecular complexity index is 529. The summed E-state index contributed by atoms with van der Waals surface area (Å²) < 4.78 is 5.17. The lowest BCUT2D eigenvalue weighted by molar-refractivity contribution is -0.141. The summed E-state index contributed by atoms with van der Waals surface area (Å²) in [6.07, 6.45) is 1.67. The average molecular weight is 291 g/mol. The normalized spacial score (nSPS) is 22.6. The fraction of sp³-hybridized carbons (Fsp3) is 0.500. The Labute approximate surface area is 124 Å². The third-order valence-corrected chi connectivity index (χ3v) is 4.11. The largest absolute Gasteiger partial charge is 0.497 e. The van der Waals surface area contributed by atoms with Crippen LogP contribution in [0.5, 0.6) is 5.75 Å². The molecule has 3 atom stereocenters. The van der Waals surface area contributed by atoms with Crippen LogP contribution in [0, 0.1) is 11.8 Å². The van der Waals surface area contributed by atoms with Crippen molar-refractivity contribution in [2.45, 2.75) is 32.2 Å². The van der Waals surface area contributed by atoms with Crippen molar-refractivity contribution in [2.75, 3.05) is 7.11 Å². The number of methoxy groups -OCH3 is 1. The third kappa shape index (κ3) is 3.74. The Balaban J connectivity index is 1.94. The van der Waals surface area contributed by atoms with Gasteiger partial charge in [0.05, 0.1) is 19.1 Å². The van der Waals surface area contributed by atoms with Crippen LogP contribution in [0.25, 0.3) is 0 Å². The summed E-state index contributed by atoms with van der Waals surface area (Å²) in [5.41, 5.74) is 0.968. The van der Waals surface area contributed by atoms with Gasteiger partial charge in [-0.2, -0.15) is 0 Å². The maximum Gasteiger partial charge on any atom is 0.306 e. The molecule has 2 N–H and O–H groups in total. The van der Waals surface area contributed by atoms with Crippen LogP contribution in [0.3, 0.4) is 0 Å². The summed E-state index contributed by atoms with van der Waals surface area (Å²) in [6.45, 7) is 1.91. The Kier molecular flexibility index (Phi) is 4.83. The van der Waals surface area contributed by atoms with E-state index in [0.29, 0.717) is 19.3 Å². The van der Waals surface area contributed by atoms with E-state index in [0.717, 1.165) is 11.3 Å². The molecule has 1 aliphatic carbocycles. The maximum atomic E-state index is 12.2. The molecule has 1 saturated carbocycles. The Morgan fingerprint density at radius 2 is 2.05 bits per heavy atom. The highest BCUT2D eigenvalue weighted by Crippen LogP contribution is 2.31. The fourth-order valence-corrected chi connectivity index (χ4v) is 2.77. The quantitative estimate of drug-likeness (QED) is 0.873. The molecule has 114 valence electrons. The Morgan fingerprint density at radius 1 is 1.33 bits per heavy atom. The summed E-state index contributed by atoms with van der Waals surface area (Å²) in [5, 5.41) is 11.9. The highest BCUT2D eigenvalue weighted by atomic mass is 16.5. The highest BCUT2D eigenvalue weighted by Gasteiger charge is 2.34. The number of aliphatic carboxylic acids is 1. The molecule has 1 aromatic carbocycles. The van der Waals surface area contributed by atoms with Gasteiger partial charge in [-0.15, -0.1) is 0 Å². The number of amides is 1. The van der Waals surface area contributed by atoms with Crippen LogP contribution >= 0.6 is 0 Å². The first kappa shape index (κ1) is 15.4. The molecule has 0 spiro atoms. The summed E-state index contributed by atoms with van der Waals surface area (Å²) in [7, 11) is 1.60. The summed E-state index contributed by atoms with van der Waals surface area (Å²) in [4.78, 5) is 23.2. The predicted octanol–water partition coefficient (Wildman–Crippen LogP) is 2.37. The second-order valence-electron chi connectivity index (χ2n) is 5.55. The van der Waals surface area contributed by atoms with Crippen molar-refractivity contribution in [3.8, 4) is 5.75 Å². The average Bonchev–Trinajstić information content (AvgIpc) is 2.97. The van der Waals surface area contributed by atoms with Gasteiger partial charge in [0.25, 0.3) is 0 Å². The number of hydrogen-bond donors (Lipinski definition) is 2. The molecule has 2 rings (SSSR count). The molecule has 0 aromatic heterocycles. The molecule has 0 bridgehead atoms. The van der Waals surface area contributed by atoms with Gasteiger partial charge in [-0.25, -0.2) is 0 Å². The van der Waals surface area contributed by atoms with Crippen molar-refractivity contribution in [2.24, 2.45) is 11.8 Å². The molecule has 5 nitrogen and oxygen atoms in total. The lowest BCUT2D eigenvalue weighted by Gasteiger charge is -2.18. The first-order valence-electron chi connectivity index (χ1n) is 7.18. The minimum absolute atomic E-state index is 0.0610. The molecule has 1 fully saturated rings. The lowest BCUT2D eigenvalue weighted by atomic mass is 10.0. The first-order valence-corrected chi connectivity index (χ1v) is 7.18. The SMILES string of the molecule is COc1cccc([C@H](C)NC(=O)[C@@H]2CC[C@H](C(=O)O)C2)c1. The maximum absolute atomic E-state index is 12.2. The number of carbonyl (C=O) groups excluding carboxylic acids is 1. The number of nitrogens with one attached hydrogen (secondary N) is 1. The Hall–Kier alpha value is -2.04. The van der Waals surface area contributed by atoms with Gasteiger partial charge in [0, 0.05) is 5.92 Å². The minimum atomic E-state index is -0.800. The number of carbonyl (C=O) groups is 2. The molecule has 1 aliphatic rings. The van der Waals surface area contributed by atoms with E-state index < -0.39 is 5.97 Å². The second-order valence-corrected chi connectivity index (χ2v) is 5.55. The second kappa shape index (κ2) is 6.61. The standard InChI is InChI=1S/C16H21NO4/c1-10(11-4-3-5-14(9-11)21-2)17-15(18)12-6-7-13(8-12)16(19)20/h3-5,9-10,12-13H,6-8H2,1-2H3,(H,17,18)(H,19,20)/t10-,12+,13-/m0/s1.